The van der Waals surface area contributed by atoms with Crippen LogP contribution in [-0.4, -0.2) is 48.5 Å². The number of fused-ring (bicyclic) bond motifs is 2. The molecule has 0 atom stereocenters. The van der Waals surface area contributed by atoms with Gasteiger partial charge in [-0.3, -0.25) is 14.7 Å². The van der Waals surface area contributed by atoms with E-state index in [1.165, 1.54) is 4.88 Å². The van der Waals surface area contributed by atoms with E-state index < -0.39 is 5.97 Å². The van der Waals surface area contributed by atoms with E-state index in [0.29, 0.717) is 13.1 Å². The summed E-state index contributed by atoms with van der Waals surface area (Å²) >= 11 is 1.70. The molecule has 126 valence electrons. The highest BCUT2D eigenvalue weighted by Crippen LogP contribution is 2.36. The highest BCUT2D eigenvalue weighted by Gasteiger charge is 2.19. The van der Waals surface area contributed by atoms with Gasteiger partial charge in [0.05, 0.1) is 30.0 Å². The van der Waals surface area contributed by atoms with Crippen LogP contribution in [0.15, 0.2) is 35.3 Å². The number of anilines is 3. The van der Waals surface area contributed by atoms with Crippen LogP contribution in [0.25, 0.3) is 0 Å². The van der Waals surface area contributed by atoms with E-state index in [4.69, 9.17) is 5.11 Å². The standard InChI is InChI=1S/C17H20N4O2S/c1-11-9-12-16(18-7-8-21(2)10-15(22)23)19-13-5-3-4-6-14(13)20-17(12)24-11/h3-6,9,20H,7-8,10H2,1-2H3,(H,18,19)(H,22,23). The zero-order valence-corrected chi connectivity index (χ0v) is 14.5. The SMILES string of the molecule is Cc1cc2c(s1)Nc1ccccc1NC2=NCCN(C)CC(=O)O. The van der Waals surface area contributed by atoms with Gasteiger partial charge in [0.1, 0.15) is 10.8 Å². The molecule has 3 rings (SSSR count). The van der Waals surface area contributed by atoms with Gasteiger partial charge in [-0.2, -0.15) is 0 Å². The van der Waals surface area contributed by atoms with Gasteiger partial charge in [-0.1, -0.05) is 12.1 Å². The number of carboxylic acids is 1. The molecule has 0 saturated carbocycles. The monoisotopic (exact) mass is 344 g/mol. The minimum Gasteiger partial charge on any atom is -0.480 e. The molecule has 0 amide bonds. The fourth-order valence-electron chi connectivity index (χ4n) is 2.57. The smallest absolute Gasteiger partial charge is 0.317 e. The maximum atomic E-state index is 10.7. The fraction of sp³-hybridized carbons (Fsp3) is 0.294. The van der Waals surface area contributed by atoms with E-state index in [9.17, 15) is 4.79 Å². The van der Waals surface area contributed by atoms with E-state index >= 15 is 0 Å². The Balaban J connectivity index is 1.83. The van der Waals surface area contributed by atoms with Crippen molar-refractivity contribution in [2.24, 2.45) is 4.99 Å². The number of thiophene rings is 1. The molecule has 2 heterocycles. The molecule has 0 aliphatic carbocycles. The van der Waals surface area contributed by atoms with Crippen molar-refractivity contribution in [2.75, 3.05) is 37.3 Å². The minimum atomic E-state index is -0.827. The average molecular weight is 344 g/mol. The van der Waals surface area contributed by atoms with Gasteiger partial charge in [0.2, 0.25) is 0 Å². The van der Waals surface area contributed by atoms with Crippen LogP contribution >= 0.6 is 11.3 Å². The molecule has 1 aromatic heterocycles. The molecule has 0 fully saturated rings. The number of carboxylic acid groups (broad SMARTS) is 1. The Morgan fingerprint density at radius 2 is 2.00 bits per heavy atom. The highest BCUT2D eigenvalue weighted by molar-refractivity contribution is 7.16. The maximum absolute atomic E-state index is 10.7. The first-order chi connectivity index (χ1) is 11.5. The van der Waals surface area contributed by atoms with Crippen molar-refractivity contribution in [3.63, 3.8) is 0 Å². The van der Waals surface area contributed by atoms with Gasteiger partial charge < -0.3 is 15.7 Å². The second-order valence-corrected chi connectivity index (χ2v) is 7.01. The van der Waals surface area contributed by atoms with E-state index in [2.05, 4.69) is 28.6 Å². The summed E-state index contributed by atoms with van der Waals surface area (Å²) in [7, 11) is 1.78. The molecule has 3 N–H and O–H groups in total. The Bertz CT molecular complexity index is 785. The van der Waals surface area contributed by atoms with Crippen molar-refractivity contribution in [3.8, 4) is 0 Å². The number of para-hydroxylation sites is 2. The van der Waals surface area contributed by atoms with E-state index in [-0.39, 0.29) is 6.54 Å². The molecule has 0 unspecified atom stereocenters. The van der Waals surface area contributed by atoms with Crippen molar-refractivity contribution in [3.05, 3.63) is 40.8 Å². The molecule has 0 spiro atoms. The van der Waals surface area contributed by atoms with Gasteiger partial charge in [0.15, 0.2) is 0 Å². The Hall–Kier alpha value is -2.38. The number of rotatable bonds is 5. The number of amidine groups is 1. The Labute approximate surface area is 144 Å². The second-order valence-electron chi connectivity index (χ2n) is 5.76. The van der Waals surface area contributed by atoms with Gasteiger partial charge in [0.25, 0.3) is 0 Å². The third kappa shape index (κ3) is 3.74. The number of hydrogen-bond acceptors (Lipinski definition) is 5. The first kappa shape index (κ1) is 16.5. The van der Waals surface area contributed by atoms with Crippen LogP contribution in [0.5, 0.6) is 0 Å². The summed E-state index contributed by atoms with van der Waals surface area (Å²) in [5.41, 5.74) is 3.06. The topological polar surface area (TPSA) is 77.0 Å². The molecule has 7 heteroatoms. The predicted octanol–water partition coefficient (Wildman–Crippen LogP) is 2.99. The summed E-state index contributed by atoms with van der Waals surface area (Å²) in [4.78, 5) is 18.4. The van der Waals surface area contributed by atoms with Crippen LogP contribution in [0.1, 0.15) is 10.4 Å². The quantitative estimate of drug-likeness (QED) is 0.777. The molecule has 1 aliphatic rings. The van der Waals surface area contributed by atoms with Crippen LogP contribution in [-0.2, 0) is 4.79 Å². The maximum Gasteiger partial charge on any atom is 0.317 e. The lowest BCUT2D eigenvalue weighted by molar-refractivity contribution is -0.137. The number of nitrogens with zero attached hydrogens (tertiary/aromatic N) is 2. The molecular weight excluding hydrogens is 324 g/mol. The third-order valence-corrected chi connectivity index (χ3v) is 4.66. The number of aryl methyl sites for hydroxylation is 1. The lowest BCUT2D eigenvalue weighted by atomic mass is 10.2. The Kier molecular flexibility index (Phi) is 4.82. The molecular formula is C17H20N4O2S. The first-order valence-electron chi connectivity index (χ1n) is 7.71. The molecule has 1 aliphatic heterocycles. The second kappa shape index (κ2) is 7.02. The summed E-state index contributed by atoms with van der Waals surface area (Å²) in [5, 5.41) is 16.8. The van der Waals surface area contributed by atoms with Crippen molar-refractivity contribution >= 4 is 39.5 Å². The molecule has 1 aromatic carbocycles. The zero-order valence-electron chi connectivity index (χ0n) is 13.7. The summed E-state index contributed by atoms with van der Waals surface area (Å²) in [5.74, 6) is -0.0119. The minimum absolute atomic E-state index is 0.0193. The third-order valence-electron chi connectivity index (χ3n) is 3.70. The average Bonchev–Trinajstić information content (AvgIpc) is 2.81. The number of benzene rings is 1. The van der Waals surface area contributed by atoms with Crippen molar-refractivity contribution < 1.29 is 9.90 Å². The van der Waals surface area contributed by atoms with E-state index in [0.717, 1.165) is 27.8 Å². The number of likely N-dealkylation sites (N-methyl/N-ethyl adjacent to an activating group) is 1. The Morgan fingerprint density at radius 3 is 2.71 bits per heavy atom. The van der Waals surface area contributed by atoms with Gasteiger partial charge in [-0.25, -0.2) is 0 Å². The molecule has 6 nitrogen and oxygen atoms in total. The predicted molar refractivity (Wildman–Crippen MR) is 98.9 cm³/mol. The van der Waals surface area contributed by atoms with Crippen molar-refractivity contribution in [1.29, 1.82) is 0 Å². The van der Waals surface area contributed by atoms with Crippen LogP contribution in [0.4, 0.5) is 16.4 Å². The van der Waals surface area contributed by atoms with Crippen LogP contribution < -0.4 is 10.6 Å². The molecule has 0 bridgehead atoms. The van der Waals surface area contributed by atoms with Crippen LogP contribution in [0, 0.1) is 6.92 Å². The van der Waals surface area contributed by atoms with Crippen LogP contribution in [0.2, 0.25) is 0 Å². The van der Waals surface area contributed by atoms with Gasteiger partial charge >= 0.3 is 5.97 Å². The Morgan fingerprint density at radius 1 is 1.29 bits per heavy atom. The first-order valence-corrected chi connectivity index (χ1v) is 8.53. The lowest BCUT2D eigenvalue weighted by Crippen LogP contribution is -2.28. The highest BCUT2D eigenvalue weighted by atomic mass is 32.1. The number of aliphatic carboxylic acids is 1. The summed E-state index contributed by atoms with van der Waals surface area (Å²) in [6.07, 6.45) is 0. The largest absolute Gasteiger partial charge is 0.480 e. The lowest BCUT2D eigenvalue weighted by Gasteiger charge is -2.13. The number of nitrogens with one attached hydrogen (secondary N) is 2. The van der Waals surface area contributed by atoms with Crippen LogP contribution in [0.3, 0.4) is 0 Å². The number of hydrogen-bond donors (Lipinski definition) is 3. The van der Waals surface area contributed by atoms with E-state index in [1.807, 2.05) is 24.3 Å². The molecule has 0 radical (unpaired) electrons. The van der Waals surface area contributed by atoms with Crippen molar-refractivity contribution in [2.45, 2.75) is 6.92 Å². The zero-order chi connectivity index (χ0) is 17.1. The number of aliphatic imine (C=N–C) groups is 1. The fourth-order valence-corrected chi connectivity index (χ4v) is 3.49. The molecule has 0 saturated heterocycles. The van der Waals surface area contributed by atoms with Crippen molar-refractivity contribution in [1.82, 2.24) is 4.90 Å². The summed E-state index contributed by atoms with van der Waals surface area (Å²) < 4.78 is 0. The molecule has 24 heavy (non-hydrogen) atoms. The van der Waals surface area contributed by atoms with Gasteiger partial charge in [-0.15, -0.1) is 11.3 Å². The van der Waals surface area contributed by atoms with E-state index in [1.54, 1.807) is 23.3 Å². The molecule has 2 aromatic rings. The number of carbonyl (C=O) groups is 1. The normalized spacial score (nSPS) is 14.5. The summed E-state index contributed by atoms with van der Waals surface area (Å²) in [6.45, 7) is 3.21. The summed E-state index contributed by atoms with van der Waals surface area (Å²) in [6, 6.07) is 10.1. The van der Waals surface area contributed by atoms with Gasteiger partial charge in [0, 0.05) is 11.4 Å². The van der Waals surface area contributed by atoms with Gasteiger partial charge in [-0.05, 0) is 32.2 Å².